The molecule has 0 radical (unpaired) electrons. The summed E-state index contributed by atoms with van der Waals surface area (Å²) in [7, 11) is -4.74. The maximum atomic E-state index is 13.3. The monoisotopic (exact) mass is 448 g/mol. The first kappa shape index (κ1) is 21.4. The molecule has 1 unspecified atom stereocenters. The highest BCUT2D eigenvalue weighted by Gasteiger charge is 2.38. The fraction of sp³-hybridized carbons (Fsp3) is 0.364. The summed E-state index contributed by atoms with van der Waals surface area (Å²) in [6.45, 7) is 1.58. The van der Waals surface area contributed by atoms with Gasteiger partial charge in [0.1, 0.15) is 6.04 Å². The molecule has 2 aromatic rings. The Morgan fingerprint density at radius 3 is 2.16 bits per heavy atom. The van der Waals surface area contributed by atoms with Crippen LogP contribution in [0, 0.1) is 0 Å². The second kappa shape index (κ2) is 8.37. The Hall–Kier alpha value is -2.81. The first-order valence-electron chi connectivity index (χ1n) is 10.1. The predicted molar refractivity (Wildman–Crippen MR) is 109 cm³/mol. The van der Waals surface area contributed by atoms with E-state index in [2.05, 4.69) is 0 Å². The fourth-order valence-corrected chi connectivity index (χ4v) is 4.88. The smallest absolute Gasteiger partial charge is 0.341 e. The van der Waals surface area contributed by atoms with Gasteiger partial charge in [0.2, 0.25) is 15.7 Å². The van der Waals surface area contributed by atoms with E-state index in [-0.39, 0.29) is 18.0 Å². The first-order valence-corrected chi connectivity index (χ1v) is 11.6. The molecule has 2 amide bonds. The summed E-state index contributed by atoms with van der Waals surface area (Å²) in [5.74, 6) is -4.07. The highest BCUT2D eigenvalue weighted by atomic mass is 32.2. The maximum absolute atomic E-state index is 13.3. The fourth-order valence-electron chi connectivity index (χ4n) is 4.16. The Bertz CT molecular complexity index is 1100. The standard InChI is InChI=1S/C22H22F2N2O4S/c23-22(24)31(29,30)18-9-7-15(8-10-18)20(27)26-14-17-6-2-1-5-16(17)13-19(26)21(28)25-11-3-4-12-25/h1-2,5-10,19,22H,3-4,11-14H2. The zero-order chi connectivity index (χ0) is 22.2. The number of hydrogen-bond acceptors (Lipinski definition) is 4. The minimum atomic E-state index is -4.74. The molecule has 1 saturated heterocycles. The minimum Gasteiger partial charge on any atom is -0.341 e. The number of likely N-dealkylation sites (tertiary alicyclic amines) is 1. The van der Waals surface area contributed by atoms with E-state index in [0.717, 1.165) is 36.1 Å². The van der Waals surface area contributed by atoms with Crippen molar-refractivity contribution in [1.82, 2.24) is 9.80 Å². The van der Waals surface area contributed by atoms with Crippen molar-refractivity contribution in [3.05, 3.63) is 65.2 Å². The zero-order valence-electron chi connectivity index (χ0n) is 16.7. The average Bonchev–Trinajstić information content (AvgIpc) is 3.32. The van der Waals surface area contributed by atoms with Crippen LogP contribution in [0.25, 0.3) is 0 Å². The number of nitrogens with zero attached hydrogens (tertiary/aromatic N) is 2. The van der Waals surface area contributed by atoms with Gasteiger partial charge in [-0.1, -0.05) is 24.3 Å². The van der Waals surface area contributed by atoms with Gasteiger partial charge in [-0.2, -0.15) is 8.78 Å². The molecule has 9 heteroatoms. The van der Waals surface area contributed by atoms with Crippen molar-refractivity contribution in [3.63, 3.8) is 0 Å². The summed E-state index contributed by atoms with van der Waals surface area (Å²) in [6.07, 6.45) is 2.27. The molecule has 6 nitrogen and oxygen atoms in total. The van der Waals surface area contributed by atoms with Crippen molar-refractivity contribution in [2.24, 2.45) is 0 Å². The van der Waals surface area contributed by atoms with Crippen LogP contribution in [0.5, 0.6) is 0 Å². The lowest BCUT2D eigenvalue weighted by molar-refractivity contribution is -0.135. The Kier molecular flexibility index (Phi) is 5.79. The van der Waals surface area contributed by atoms with E-state index in [9.17, 15) is 26.8 Å². The van der Waals surface area contributed by atoms with Crippen LogP contribution < -0.4 is 0 Å². The van der Waals surface area contributed by atoms with Crippen LogP contribution in [0.2, 0.25) is 0 Å². The zero-order valence-corrected chi connectivity index (χ0v) is 17.5. The van der Waals surface area contributed by atoms with E-state index in [0.29, 0.717) is 19.5 Å². The highest BCUT2D eigenvalue weighted by Crippen LogP contribution is 2.28. The van der Waals surface area contributed by atoms with Crippen LogP contribution in [0.3, 0.4) is 0 Å². The van der Waals surface area contributed by atoms with Gasteiger partial charge in [0.05, 0.1) is 4.90 Å². The van der Waals surface area contributed by atoms with Crippen molar-refractivity contribution >= 4 is 21.7 Å². The summed E-state index contributed by atoms with van der Waals surface area (Å²) in [5.41, 5.74) is 2.10. The lowest BCUT2D eigenvalue weighted by Crippen LogP contribution is -2.53. The Labute approximate surface area is 179 Å². The van der Waals surface area contributed by atoms with Crippen molar-refractivity contribution in [2.75, 3.05) is 13.1 Å². The first-order chi connectivity index (χ1) is 14.8. The van der Waals surface area contributed by atoms with Gasteiger partial charge < -0.3 is 9.80 Å². The molecule has 0 bridgehead atoms. The number of hydrogen-bond donors (Lipinski definition) is 0. The Morgan fingerprint density at radius 2 is 1.55 bits per heavy atom. The normalized spacial score (nSPS) is 18.9. The average molecular weight is 448 g/mol. The molecule has 164 valence electrons. The predicted octanol–water partition coefficient (Wildman–Crippen LogP) is 2.87. The number of halogens is 2. The summed E-state index contributed by atoms with van der Waals surface area (Å²) < 4.78 is 48.8. The highest BCUT2D eigenvalue weighted by molar-refractivity contribution is 7.91. The largest absolute Gasteiger partial charge is 0.341 e. The third kappa shape index (κ3) is 4.06. The van der Waals surface area contributed by atoms with Crippen LogP contribution in [-0.4, -0.2) is 54.9 Å². The molecule has 0 spiro atoms. The van der Waals surface area contributed by atoms with Gasteiger partial charge in [-0.15, -0.1) is 0 Å². The molecule has 2 aliphatic heterocycles. The van der Waals surface area contributed by atoms with E-state index >= 15 is 0 Å². The SMILES string of the molecule is O=C(C1Cc2ccccc2CN1C(=O)c1ccc(S(=O)(=O)C(F)F)cc1)N1CCCC1. The molecule has 2 aromatic carbocycles. The molecule has 31 heavy (non-hydrogen) atoms. The summed E-state index contributed by atoms with van der Waals surface area (Å²) >= 11 is 0. The third-order valence-electron chi connectivity index (χ3n) is 5.88. The Balaban J connectivity index is 1.64. The number of carbonyl (C=O) groups is 2. The van der Waals surface area contributed by atoms with Crippen LogP contribution in [0.4, 0.5) is 8.78 Å². The van der Waals surface area contributed by atoms with Crippen LogP contribution in [-0.2, 0) is 27.6 Å². The van der Waals surface area contributed by atoms with Gasteiger partial charge in [0.25, 0.3) is 5.91 Å². The van der Waals surface area contributed by atoms with Crippen LogP contribution in [0.1, 0.15) is 34.3 Å². The quantitative estimate of drug-likeness (QED) is 0.721. The van der Waals surface area contributed by atoms with Gasteiger partial charge in [0, 0.05) is 31.6 Å². The van der Waals surface area contributed by atoms with Crippen molar-refractivity contribution in [2.45, 2.75) is 42.5 Å². The number of rotatable bonds is 4. The third-order valence-corrected chi connectivity index (χ3v) is 7.27. The molecule has 0 N–H and O–H groups in total. The number of alkyl halides is 2. The molecule has 2 aliphatic rings. The van der Waals surface area contributed by atoms with Gasteiger partial charge >= 0.3 is 5.76 Å². The van der Waals surface area contributed by atoms with Crippen LogP contribution >= 0.6 is 0 Å². The molecule has 2 heterocycles. The number of amides is 2. The molecule has 1 atom stereocenters. The van der Waals surface area contributed by atoms with E-state index in [1.165, 1.54) is 17.0 Å². The lowest BCUT2D eigenvalue weighted by atomic mass is 9.92. The van der Waals surface area contributed by atoms with Crippen LogP contribution in [0.15, 0.2) is 53.4 Å². The molecule has 0 aliphatic carbocycles. The molecular formula is C22H22F2N2O4S. The van der Waals surface area contributed by atoms with E-state index in [1.807, 2.05) is 24.3 Å². The number of sulfone groups is 1. The van der Waals surface area contributed by atoms with Gasteiger partial charge in [-0.25, -0.2) is 8.42 Å². The van der Waals surface area contributed by atoms with Crippen molar-refractivity contribution in [1.29, 1.82) is 0 Å². The van der Waals surface area contributed by atoms with E-state index in [4.69, 9.17) is 0 Å². The number of carbonyl (C=O) groups excluding carboxylic acids is 2. The molecule has 1 fully saturated rings. The van der Waals surface area contributed by atoms with E-state index < -0.39 is 32.4 Å². The number of benzene rings is 2. The van der Waals surface area contributed by atoms with Gasteiger partial charge in [-0.3, -0.25) is 9.59 Å². The second-order valence-electron chi connectivity index (χ2n) is 7.78. The molecular weight excluding hydrogens is 426 g/mol. The minimum absolute atomic E-state index is 0.0998. The summed E-state index contributed by atoms with van der Waals surface area (Å²) in [6, 6.07) is 11.4. The number of fused-ring (bicyclic) bond motifs is 1. The summed E-state index contributed by atoms with van der Waals surface area (Å²) in [4.78, 5) is 29.2. The van der Waals surface area contributed by atoms with Crippen molar-refractivity contribution < 1.29 is 26.8 Å². The lowest BCUT2D eigenvalue weighted by Gasteiger charge is -2.38. The van der Waals surface area contributed by atoms with Gasteiger partial charge in [0.15, 0.2) is 0 Å². The maximum Gasteiger partial charge on any atom is 0.341 e. The van der Waals surface area contributed by atoms with E-state index in [1.54, 1.807) is 4.90 Å². The van der Waals surface area contributed by atoms with Crippen molar-refractivity contribution in [3.8, 4) is 0 Å². The Morgan fingerprint density at radius 1 is 0.935 bits per heavy atom. The molecule has 0 aromatic heterocycles. The molecule has 0 saturated carbocycles. The molecule has 4 rings (SSSR count). The second-order valence-corrected chi connectivity index (χ2v) is 9.70. The summed E-state index contributed by atoms with van der Waals surface area (Å²) in [5, 5.41) is 0. The topological polar surface area (TPSA) is 74.8 Å². The van der Waals surface area contributed by atoms with Gasteiger partial charge in [-0.05, 0) is 48.2 Å².